The van der Waals surface area contributed by atoms with Gasteiger partial charge in [-0.25, -0.2) is 4.79 Å². The Morgan fingerprint density at radius 1 is 1.26 bits per heavy atom. The number of carboxylic acids is 1. The molecule has 1 aromatic rings. The highest BCUT2D eigenvalue weighted by Crippen LogP contribution is 2.05. The van der Waals surface area contributed by atoms with Gasteiger partial charge in [0.2, 0.25) is 11.8 Å². The topological polar surface area (TPSA) is 95.9 Å². The van der Waals surface area contributed by atoms with Crippen molar-refractivity contribution in [1.82, 2.24) is 10.2 Å². The number of carbonyl (C=O) groups excluding carboxylic acids is 2. The lowest BCUT2D eigenvalue weighted by Crippen LogP contribution is -2.39. The van der Waals surface area contributed by atoms with E-state index in [4.69, 9.17) is 9.84 Å². The molecule has 0 fully saturated rings. The minimum absolute atomic E-state index is 0.0997. The molecule has 0 saturated heterocycles. The zero-order chi connectivity index (χ0) is 17.2. The highest BCUT2D eigenvalue weighted by molar-refractivity contribution is 5.79. The molecule has 0 aliphatic heterocycles. The summed E-state index contributed by atoms with van der Waals surface area (Å²) < 4.78 is 4.73. The highest BCUT2D eigenvalue weighted by atomic mass is 16.5. The first-order chi connectivity index (χ1) is 10.9. The minimum Gasteiger partial charge on any atom is -0.479 e. The van der Waals surface area contributed by atoms with Crippen molar-refractivity contribution < 1.29 is 24.2 Å². The first kappa shape index (κ1) is 18.6. The molecule has 0 radical (unpaired) electrons. The third kappa shape index (κ3) is 6.92. The van der Waals surface area contributed by atoms with Crippen molar-refractivity contribution in [2.24, 2.45) is 0 Å². The Kier molecular flexibility index (Phi) is 7.76. The van der Waals surface area contributed by atoms with E-state index in [1.807, 2.05) is 30.3 Å². The molecule has 0 aromatic heterocycles. The second-order valence-corrected chi connectivity index (χ2v) is 5.04. The van der Waals surface area contributed by atoms with Crippen LogP contribution in [-0.4, -0.2) is 54.1 Å². The smallest absolute Gasteiger partial charge is 0.334 e. The second kappa shape index (κ2) is 9.58. The van der Waals surface area contributed by atoms with Gasteiger partial charge in [0.15, 0.2) is 6.10 Å². The third-order valence-electron chi connectivity index (χ3n) is 3.31. The number of ether oxygens (including phenoxy) is 1. The largest absolute Gasteiger partial charge is 0.479 e. The number of aliphatic carboxylic acids is 1. The maximum absolute atomic E-state index is 11.8. The van der Waals surface area contributed by atoms with Crippen molar-refractivity contribution in [2.45, 2.75) is 26.0 Å². The average Bonchev–Trinajstić information content (AvgIpc) is 2.52. The number of nitrogens with one attached hydrogen (secondary N) is 1. The Morgan fingerprint density at radius 2 is 1.91 bits per heavy atom. The van der Waals surface area contributed by atoms with Gasteiger partial charge in [-0.15, -0.1) is 0 Å². The van der Waals surface area contributed by atoms with E-state index >= 15 is 0 Å². The van der Waals surface area contributed by atoms with Crippen LogP contribution in [0.5, 0.6) is 0 Å². The molecule has 1 atom stereocenters. The molecule has 1 unspecified atom stereocenters. The summed E-state index contributed by atoms with van der Waals surface area (Å²) >= 11 is 0. The summed E-state index contributed by atoms with van der Waals surface area (Å²) in [6.45, 7) is 2.04. The molecule has 126 valence electrons. The molecule has 0 aliphatic carbocycles. The van der Waals surface area contributed by atoms with E-state index < -0.39 is 12.1 Å². The fourth-order valence-electron chi connectivity index (χ4n) is 1.95. The molecule has 2 amide bonds. The second-order valence-electron chi connectivity index (χ2n) is 5.04. The standard InChI is InChI=1S/C16H22N2O5/c1-12(19)18(11-13-6-4-3-5-7-13)9-8-15(20)17-10-14(23-2)16(21)22/h3-7,14H,8-11H2,1-2H3,(H,17,20)(H,21,22). The fraction of sp³-hybridized carbons (Fsp3) is 0.438. The van der Waals surface area contributed by atoms with Crippen LogP contribution < -0.4 is 5.32 Å². The third-order valence-corrected chi connectivity index (χ3v) is 3.31. The van der Waals surface area contributed by atoms with Gasteiger partial charge >= 0.3 is 5.97 Å². The quantitative estimate of drug-likeness (QED) is 0.695. The Balaban J connectivity index is 2.44. The molecule has 2 N–H and O–H groups in total. The lowest BCUT2D eigenvalue weighted by molar-refractivity contribution is -0.148. The summed E-state index contributed by atoms with van der Waals surface area (Å²) in [7, 11) is 1.27. The van der Waals surface area contributed by atoms with Gasteiger partial charge in [0.1, 0.15) is 0 Å². The summed E-state index contributed by atoms with van der Waals surface area (Å²) in [6.07, 6.45) is -0.977. The number of benzene rings is 1. The molecule has 7 nitrogen and oxygen atoms in total. The van der Waals surface area contributed by atoms with E-state index in [0.717, 1.165) is 5.56 Å². The number of methoxy groups -OCH3 is 1. The van der Waals surface area contributed by atoms with Crippen LogP contribution in [0.2, 0.25) is 0 Å². The molecule has 0 saturated carbocycles. The van der Waals surface area contributed by atoms with Gasteiger partial charge in [-0.2, -0.15) is 0 Å². The zero-order valence-corrected chi connectivity index (χ0v) is 13.3. The highest BCUT2D eigenvalue weighted by Gasteiger charge is 2.18. The number of hydrogen-bond donors (Lipinski definition) is 2. The van der Waals surface area contributed by atoms with Gasteiger partial charge in [0, 0.05) is 33.5 Å². The summed E-state index contributed by atoms with van der Waals surface area (Å²) in [5, 5.41) is 11.3. The van der Waals surface area contributed by atoms with E-state index in [2.05, 4.69) is 5.32 Å². The molecule has 1 rings (SSSR count). The molecule has 0 aliphatic rings. The molecule has 0 spiro atoms. The Labute approximate surface area is 135 Å². The molecule has 7 heteroatoms. The van der Waals surface area contributed by atoms with Crippen LogP contribution in [0.3, 0.4) is 0 Å². The lowest BCUT2D eigenvalue weighted by Gasteiger charge is -2.21. The van der Waals surface area contributed by atoms with Crippen LogP contribution in [0.1, 0.15) is 18.9 Å². The molecular formula is C16H22N2O5. The zero-order valence-electron chi connectivity index (χ0n) is 13.3. The number of amides is 2. The molecule has 23 heavy (non-hydrogen) atoms. The SMILES string of the molecule is COC(CNC(=O)CCN(Cc1ccccc1)C(C)=O)C(=O)O. The van der Waals surface area contributed by atoms with E-state index in [1.165, 1.54) is 14.0 Å². The first-order valence-corrected chi connectivity index (χ1v) is 7.25. The molecule has 1 aromatic carbocycles. The van der Waals surface area contributed by atoms with E-state index in [9.17, 15) is 14.4 Å². The van der Waals surface area contributed by atoms with Crippen LogP contribution in [0.15, 0.2) is 30.3 Å². The Hall–Kier alpha value is -2.41. The van der Waals surface area contributed by atoms with Crippen molar-refractivity contribution in [3.8, 4) is 0 Å². The van der Waals surface area contributed by atoms with Gasteiger partial charge in [0.05, 0.1) is 6.54 Å². The van der Waals surface area contributed by atoms with Gasteiger partial charge in [0.25, 0.3) is 0 Å². The predicted molar refractivity (Wildman–Crippen MR) is 83.6 cm³/mol. The van der Waals surface area contributed by atoms with Crippen molar-refractivity contribution in [2.75, 3.05) is 20.2 Å². The average molecular weight is 322 g/mol. The monoisotopic (exact) mass is 322 g/mol. The van der Waals surface area contributed by atoms with E-state index in [-0.39, 0.29) is 31.3 Å². The van der Waals surface area contributed by atoms with Crippen LogP contribution in [0.25, 0.3) is 0 Å². The molecule has 0 heterocycles. The number of hydrogen-bond acceptors (Lipinski definition) is 4. The van der Waals surface area contributed by atoms with Crippen molar-refractivity contribution in [1.29, 1.82) is 0 Å². The summed E-state index contributed by atoms with van der Waals surface area (Å²) in [4.78, 5) is 35.8. The number of nitrogens with zero attached hydrogens (tertiary/aromatic N) is 1. The normalized spacial score (nSPS) is 11.6. The van der Waals surface area contributed by atoms with Crippen molar-refractivity contribution in [3.63, 3.8) is 0 Å². The van der Waals surface area contributed by atoms with Gasteiger partial charge < -0.3 is 20.1 Å². The maximum atomic E-state index is 11.8. The summed E-state index contributed by atoms with van der Waals surface area (Å²) in [5.41, 5.74) is 0.980. The van der Waals surface area contributed by atoms with Crippen molar-refractivity contribution >= 4 is 17.8 Å². The van der Waals surface area contributed by atoms with Gasteiger partial charge in [-0.3, -0.25) is 9.59 Å². The van der Waals surface area contributed by atoms with E-state index in [1.54, 1.807) is 4.90 Å². The number of carbonyl (C=O) groups is 3. The lowest BCUT2D eigenvalue weighted by atomic mass is 10.2. The van der Waals surface area contributed by atoms with Crippen molar-refractivity contribution in [3.05, 3.63) is 35.9 Å². The van der Waals surface area contributed by atoms with Gasteiger partial charge in [-0.05, 0) is 5.56 Å². The number of carboxylic acid groups (broad SMARTS) is 1. The molecular weight excluding hydrogens is 300 g/mol. The Bertz CT molecular complexity index is 533. The molecule has 0 bridgehead atoms. The fourth-order valence-corrected chi connectivity index (χ4v) is 1.95. The maximum Gasteiger partial charge on any atom is 0.334 e. The van der Waals surface area contributed by atoms with Gasteiger partial charge in [-0.1, -0.05) is 30.3 Å². The van der Waals surface area contributed by atoms with Crippen LogP contribution >= 0.6 is 0 Å². The number of rotatable bonds is 9. The van der Waals surface area contributed by atoms with Crippen LogP contribution in [-0.2, 0) is 25.7 Å². The van der Waals surface area contributed by atoms with E-state index in [0.29, 0.717) is 6.54 Å². The Morgan fingerprint density at radius 3 is 2.43 bits per heavy atom. The first-order valence-electron chi connectivity index (χ1n) is 7.25. The predicted octanol–water partition coefficient (Wildman–Crippen LogP) is 0.641. The summed E-state index contributed by atoms with van der Waals surface area (Å²) in [6, 6.07) is 9.48. The van der Waals surface area contributed by atoms with Crippen LogP contribution in [0, 0.1) is 0 Å². The van der Waals surface area contributed by atoms with Crippen LogP contribution in [0.4, 0.5) is 0 Å². The minimum atomic E-state index is -1.14. The summed E-state index contributed by atoms with van der Waals surface area (Å²) in [5.74, 6) is -1.59.